The number of carbonyl (C=O) groups excluding carboxylic acids is 1. The fraction of sp³-hybridized carbons (Fsp3) is 0.250. The van der Waals surface area contributed by atoms with E-state index in [0.717, 1.165) is 6.08 Å². The molecule has 0 aliphatic carbocycles. The van der Waals surface area contributed by atoms with Gasteiger partial charge in [-0.3, -0.25) is 14.9 Å². The van der Waals surface area contributed by atoms with Crippen molar-refractivity contribution in [3.63, 3.8) is 0 Å². The molecule has 0 unspecified atom stereocenters. The van der Waals surface area contributed by atoms with Gasteiger partial charge in [0.25, 0.3) is 5.69 Å². The number of carbonyl (C=O) groups is 1. The highest BCUT2D eigenvalue weighted by Gasteiger charge is 2.41. The van der Waals surface area contributed by atoms with E-state index in [1.165, 1.54) is 49.6 Å². The van der Waals surface area contributed by atoms with Gasteiger partial charge in [0.2, 0.25) is 0 Å². The first-order valence-electron chi connectivity index (χ1n) is 8.52. The van der Waals surface area contributed by atoms with Gasteiger partial charge in [-0.2, -0.15) is 8.78 Å². The number of nitrogens with zero attached hydrogens (tertiary/aromatic N) is 1. The summed E-state index contributed by atoms with van der Waals surface area (Å²) < 4.78 is 60.1. The van der Waals surface area contributed by atoms with Gasteiger partial charge in [-0.05, 0) is 29.8 Å². The fourth-order valence-electron chi connectivity index (χ4n) is 2.48. The monoisotopic (exact) mass is 427 g/mol. The summed E-state index contributed by atoms with van der Waals surface area (Å²) in [6, 6.07) is 9.96. The summed E-state index contributed by atoms with van der Waals surface area (Å²) in [4.78, 5) is 22.7. The maximum atomic E-state index is 13.0. The van der Waals surface area contributed by atoms with E-state index in [0.29, 0.717) is 11.1 Å². The van der Waals surface area contributed by atoms with Gasteiger partial charge in [-0.15, -0.1) is 0 Å². The Morgan fingerprint density at radius 2 is 1.93 bits per heavy atom. The largest absolute Gasteiger partial charge is 0.496 e. The molecule has 0 heterocycles. The van der Waals surface area contributed by atoms with Crippen LogP contribution in [0.2, 0.25) is 0 Å². The summed E-state index contributed by atoms with van der Waals surface area (Å²) in [6.07, 6.45) is -1.35. The average molecular weight is 427 g/mol. The molecule has 0 N–H and O–H groups in total. The molecule has 160 valence electrons. The molecule has 2 aromatic rings. The number of ether oxygens (including phenoxy) is 2. The SMILES string of the molecule is COc1ccc(/C=C/C(=O)c2ccccc2[N+](=O)[O-])cc1COCC(F)(F)C(F)F. The molecule has 6 nitrogen and oxygen atoms in total. The standard InChI is InChI=1S/C20H17F4NO5/c1-29-18-9-7-13(10-14(18)11-30-12-20(23,24)19(21)22)6-8-17(26)15-4-2-3-5-16(15)25(27)28/h2-10,19H,11-12H2,1H3/b8-6+. The van der Waals surface area contributed by atoms with Crippen molar-refractivity contribution in [3.05, 3.63) is 75.3 Å². The third-order valence-corrected chi connectivity index (χ3v) is 3.97. The molecule has 0 saturated carbocycles. The molecular weight excluding hydrogens is 410 g/mol. The van der Waals surface area contributed by atoms with Crippen molar-refractivity contribution in [2.45, 2.75) is 19.0 Å². The zero-order chi connectivity index (χ0) is 22.3. The zero-order valence-electron chi connectivity index (χ0n) is 15.7. The van der Waals surface area contributed by atoms with E-state index >= 15 is 0 Å². The summed E-state index contributed by atoms with van der Waals surface area (Å²) in [5.74, 6) is -4.60. The van der Waals surface area contributed by atoms with E-state index < -0.39 is 36.3 Å². The predicted molar refractivity (Wildman–Crippen MR) is 100 cm³/mol. The topological polar surface area (TPSA) is 78.7 Å². The zero-order valence-corrected chi connectivity index (χ0v) is 15.7. The van der Waals surface area contributed by atoms with Gasteiger partial charge in [-0.1, -0.05) is 24.3 Å². The van der Waals surface area contributed by atoms with Crippen molar-refractivity contribution in [1.82, 2.24) is 0 Å². The first kappa shape index (κ1) is 23.0. The second kappa shape index (κ2) is 9.97. The van der Waals surface area contributed by atoms with Crippen LogP contribution in [0, 0.1) is 10.1 Å². The lowest BCUT2D eigenvalue weighted by Gasteiger charge is -2.16. The number of hydrogen-bond acceptors (Lipinski definition) is 5. The minimum absolute atomic E-state index is 0.0925. The highest BCUT2D eigenvalue weighted by molar-refractivity contribution is 6.09. The Labute approximate surface area is 168 Å². The number of methoxy groups -OCH3 is 1. The van der Waals surface area contributed by atoms with E-state index in [9.17, 15) is 32.5 Å². The molecule has 0 fully saturated rings. The second-order valence-corrected chi connectivity index (χ2v) is 6.10. The number of para-hydroxylation sites is 1. The van der Waals surface area contributed by atoms with Crippen molar-refractivity contribution in [2.75, 3.05) is 13.7 Å². The minimum atomic E-state index is -4.28. The van der Waals surface area contributed by atoms with Crippen molar-refractivity contribution >= 4 is 17.5 Å². The van der Waals surface area contributed by atoms with Crippen LogP contribution in [0.5, 0.6) is 5.75 Å². The molecule has 0 bridgehead atoms. The van der Waals surface area contributed by atoms with Crippen LogP contribution < -0.4 is 4.74 Å². The Balaban J connectivity index is 2.16. The number of ketones is 1. The van der Waals surface area contributed by atoms with Crippen LogP contribution in [-0.4, -0.2) is 36.8 Å². The lowest BCUT2D eigenvalue weighted by atomic mass is 10.1. The molecular formula is C20H17F4NO5. The van der Waals surface area contributed by atoms with Gasteiger partial charge in [0.05, 0.1) is 24.2 Å². The van der Waals surface area contributed by atoms with Gasteiger partial charge in [0.1, 0.15) is 12.4 Å². The molecule has 0 spiro atoms. The van der Waals surface area contributed by atoms with Crippen molar-refractivity contribution in [2.24, 2.45) is 0 Å². The van der Waals surface area contributed by atoms with E-state index in [1.54, 1.807) is 6.07 Å². The quantitative estimate of drug-likeness (QED) is 0.177. The summed E-state index contributed by atoms with van der Waals surface area (Å²) in [6.45, 7) is -1.89. The molecule has 2 aromatic carbocycles. The number of alkyl halides is 4. The lowest BCUT2D eigenvalue weighted by Crippen LogP contribution is -2.32. The Morgan fingerprint density at radius 3 is 2.57 bits per heavy atom. The average Bonchev–Trinajstić information content (AvgIpc) is 2.71. The number of rotatable bonds is 10. The van der Waals surface area contributed by atoms with Crippen molar-refractivity contribution < 1.29 is 36.8 Å². The first-order chi connectivity index (χ1) is 14.2. The molecule has 0 aromatic heterocycles. The van der Waals surface area contributed by atoms with E-state index in [1.807, 2.05) is 0 Å². The molecule has 0 radical (unpaired) electrons. The minimum Gasteiger partial charge on any atom is -0.496 e. The van der Waals surface area contributed by atoms with Crippen LogP contribution in [0.1, 0.15) is 21.5 Å². The Hall–Kier alpha value is -3.27. The molecule has 0 atom stereocenters. The van der Waals surface area contributed by atoms with Crippen molar-refractivity contribution in [3.8, 4) is 5.75 Å². The Morgan fingerprint density at radius 1 is 1.23 bits per heavy atom. The number of nitro groups is 1. The number of hydrogen-bond donors (Lipinski definition) is 0. The first-order valence-corrected chi connectivity index (χ1v) is 8.52. The van der Waals surface area contributed by atoms with Gasteiger partial charge >= 0.3 is 12.3 Å². The third kappa shape index (κ3) is 5.86. The van der Waals surface area contributed by atoms with Crippen LogP contribution in [-0.2, 0) is 11.3 Å². The number of benzene rings is 2. The van der Waals surface area contributed by atoms with E-state index in [2.05, 4.69) is 0 Å². The van der Waals surface area contributed by atoms with Gasteiger partial charge < -0.3 is 9.47 Å². The lowest BCUT2D eigenvalue weighted by molar-refractivity contribution is -0.385. The Bertz CT molecular complexity index is 947. The summed E-state index contributed by atoms with van der Waals surface area (Å²) in [5, 5.41) is 11.0. The normalized spacial score (nSPS) is 11.8. The molecule has 0 amide bonds. The Kier molecular flexibility index (Phi) is 7.65. The van der Waals surface area contributed by atoms with Crippen LogP contribution >= 0.6 is 0 Å². The molecule has 0 aliphatic heterocycles. The molecule has 30 heavy (non-hydrogen) atoms. The number of nitro benzene ring substituents is 1. The molecule has 2 rings (SSSR count). The maximum absolute atomic E-state index is 13.0. The second-order valence-electron chi connectivity index (χ2n) is 6.10. The fourth-order valence-corrected chi connectivity index (χ4v) is 2.48. The van der Waals surface area contributed by atoms with Crippen molar-refractivity contribution in [1.29, 1.82) is 0 Å². The summed E-state index contributed by atoms with van der Waals surface area (Å²) in [7, 11) is 1.33. The van der Waals surface area contributed by atoms with Crippen LogP contribution in [0.3, 0.4) is 0 Å². The molecule has 0 saturated heterocycles. The molecule has 10 heteroatoms. The molecule has 0 aliphatic rings. The van der Waals surface area contributed by atoms with Crippen LogP contribution in [0.25, 0.3) is 6.08 Å². The van der Waals surface area contributed by atoms with E-state index in [-0.39, 0.29) is 17.0 Å². The van der Waals surface area contributed by atoms with E-state index in [4.69, 9.17) is 9.47 Å². The van der Waals surface area contributed by atoms with Crippen LogP contribution in [0.4, 0.5) is 23.2 Å². The summed E-state index contributed by atoms with van der Waals surface area (Å²) >= 11 is 0. The van der Waals surface area contributed by atoms with Gasteiger partial charge in [0.15, 0.2) is 5.78 Å². The number of halogens is 4. The van der Waals surface area contributed by atoms with Gasteiger partial charge in [-0.25, -0.2) is 8.78 Å². The summed E-state index contributed by atoms with van der Waals surface area (Å²) in [5.41, 5.74) is 0.311. The highest BCUT2D eigenvalue weighted by atomic mass is 19.3. The smallest absolute Gasteiger partial charge is 0.330 e. The third-order valence-electron chi connectivity index (χ3n) is 3.97. The predicted octanol–water partition coefficient (Wildman–Crippen LogP) is 4.92. The van der Waals surface area contributed by atoms with Gasteiger partial charge in [0, 0.05) is 11.6 Å². The maximum Gasteiger partial charge on any atom is 0.330 e. The number of allylic oxidation sites excluding steroid dienone is 1. The highest BCUT2D eigenvalue weighted by Crippen LogP contribution is 2.26. The van der Waals surface area contributed by atoms with Crippen LogP contribution in [0.15, 0.2) is 48.5 Å².